The molecule has 0 aliphatic heterocycles. The van der Waals surface area contributed by atoms with Crippen LogP contribution in [0.2, 0.25) is 0 Å². The summed E-state index contributed by atoms with van der Waals surface area (Å²) < 4.78 is 0. The molecule has 0 saturated heterocycles. The first kappa shape index (κ1) is 17.4. The molecule has 2 aliphatic carbocycles. The van der Waals surface area contributed by atoms with Crippen molar-refractivity contribution in [2.45, 2.75) is 64.3 Å². The standard InChI is InChI=1S/C20H29N3S/c24-20(21-15-16-9-3-1-4-10-16)23-22-19-14-8-7-13-18(19)17-11-5-2-6-12-17/h1,3-4,9-10,17-18H,2,5-8,11-15H2,(H2,21,23,24)/b22-19+. The van der Waals surface area contributed by atoms with Crippen LogP contribution in [0.5, 0.6) is 0 Å². The van der Waals surface area contributed by atoms with Gasteiger partial charge in [-0.15, -0.1) is 0 Å². The average molecular weight is 344 g/mol. The van der Waals surface area contributed by atoms with Gasteiger partial charge in [0.25, 0.3) is 0 Å². The third kappa shape index (κ3) is 5.04. The molecule has 1 aromatic rings. The Balaban J connectivity index is 1.52. The minimum Gasteiger partial charge on any atom is -0.357 e. The van der Waals surface area contributed by atoms with Gasteiger partial charge in [-0.1, -0.05) is 56.0 Å². The Morgan fingerprint density at radius 1 is 1.00 bits per heavy atom. The highest BCUT2D eigenvalue weighted by atomic mass is 32.1. The van der Waals surface area contributed by atoms with Crippen molar-refractivity contribution in [1.82, 2.24) is 10.7 Å². The SMILES string of the molecule is S=C(NCc1ccccc1)N/N=C1\CCCCC1C1CCCCC1. The molecule has 2 fully saturated rings. The van der Waals surface area contributed by atoms with Gasteiger partial charge in [0.2, 0.25) is 0 Å². The zero-order valence-electron chi connectivity index (χ0n) is 14.5. The summed E-state index contributed by atoms with van der Waals surface area (Å²) in [7, 11) is 0. The van der Waals surface area contributed by atoms with E-state index in [2.05, 4.69) is 22.9 Å². The van der Waals surface area contributed by atoms with Crippen LogP contribution in [0.3, 0.4) is 0 Å². The van der Waals surface area contributed by atoms with E-state index in [1.807, 2.05) is 18.2 Å². The smallest absolute Gasteiger partial charge is 0.187 e. The second-order valence-electron chi connectivity index (χ2n) is 7.13. The average Bonchev–Trinajstić information content (AvgIpc) is 2.66. The van der Waals surface area contributed by atoms with Crippen molar-refractivity contribution in [2.75, 3.05) is 0 Å². The molecule has 2 saturated carbocycles. The summed E-state index contributed by atoms with van der Waals surface area (Å²) in [6, 6.07) is 10.3. The van der Waals surface area contributed by atoms with Gasteiger partial charge in [-0.05, 0) is 55.8 Å². The maximum absolute atomic E-state index is 5.39. The molecule has 3 nitrogen and oxygen atoms in total. The van der Waals surface area contributed by atoms with E-state index < -0.39 is 0 Å². The number of rotatable bonds is 4. The number of thiocarbonyl (C=S) groups is 1. The molecule has 0 heterocycles. The minimum atomic E-state index is 0.624. The molecular weight excluding hydrogens is 314 g/mol. The van der Waals surface area contributed by atoms with Gasteiger partial charge in [0.05, 0.1) is 0 Å². The first-order valence-electron chi connectivity index (χ1n) is 9.47. The summed E-state index contributed by atoms with van der Waals surface area (Å²) in [6.45, 7) is 0.740. The number of nitrogens with zero attached hydrogens (tertiary/aromatic N) is 1. The number of nitrogens with one attached hydrogen (secondary N) is 2. The molecule has 2 N–H and O–H groups in total. The monoisotopic (exact) mass is 343 g/mol. The van der Waals surface area contributed by atoms with E-state index in [9.17, 15) is 0 Å². The maximum atomic E-state index is 5.39. The van der Waals surface area contributed by atoms with Crippen molar-refractivity contribution in [3.8, 4) is 0 Å². The summed E-state index contributed by atoms with van der Waals surface area (Å²) in [5.74, 6) is 1.54. The Bertz CT molecular complexity index is 549. The van der Waals surface area contributed by atoms with E-state index in [0.29, 0.717) is 11.0 Å². The third-order valence-corrected chi connectivity index (χ3v) is 5.68. The molecule has 1 unspecified atom stereocenters. The Kier molecular flexibility index (Phi) is 6.65. The zero-order valence-corrected chi connectivity index (χ0v) is 15.3. The summed E-state index contributed by atoms with van der Waals surface area (Å²) >= 11 is 5.39. The highest BCUT2D eigenvalue weighted by molar-refractivity contribution is 7.80. The van der Waals surface area contributed by atoms with Gasteiger partial charge in [-0.3, -0.25) is 5.43 Å². The van der Waals surface area contributed by atoms with Crippen molar-refractivity contribution < 1.29 is 0 Å². The molecule has 0 spiro atoms. The molecule has 0 amide bonds. The van der Waals surface area contributed by atoms with Crippen LogP contribution in [0.25, 0.3) is 0 Å². The van der Waals surface area contributed by atoms with Crippen molar-refractivity contribution >= 4 is 23.0 Å². The van der Waals surface area contributed by atoms with E-state index >= 15 is 0 Å². The summed E-state index contributed by atoms with van der Waals surface area (Å²) in [4.78, 5) is 0. The Hall–Kier alpha value is -1.42. The maximum Gasteiger partial charge on any atom is 0.187 e. The zero-order chi connectivity index (χ0) is 16.6. The highest BCUT2D eigenvalue weighted by Gasteiger charge is 2.29. The molecule has 0 radical (unpaired) electrons. The van der Waals surface area contributed by atoms with Crippen LogP contribution in [0.15, 0.2) is 35.4 Å². The Morgan fingerprint density at radius 3 is 2.54 bits per heavy atom. The minimum absolute atomic E-state index is 0.624. The fraction of sp³-hybridized carbons (Fsp3) is 0.600. The molecule has 24 heavy (non-hydrogen) atoms. The molecule has 0 aromatic heterocycles. The molecule has 0 bridgehead atoms. The molecule has 3 rings (SSSR count). The largest absolute Gasteiger partial charge is 0.357 e. The topological polar surface area (TPSA) is 36.4 Å². The van der Waals surface area contributed by atoms with Crippen molar-refractivity contribution in [1.29, 1.82) is 0 Å². The van der Waals surface area contributed by atoms with Crippen LogP contribution in [0, 0.1) is 11.8 Å². The van der Waals surface area contributed by atoms with Crippen molar-refractivity contribution in [3.05, 3.63) is 35.9 Å². The quantitative estimate of drug-likeness (QED) is 0.610. The number of hydrazone groups is 1. The van der Waals surface area contributed by atoms with E-state index in [0.717, 1.165) is 18.9 Å². The van der Waals surface area contributed by atoms with Gasteiger partial charge >= 0.3 is 0 Å². The van der Waals surface area contributed by atoms with E-state index in [1.54, 1.807) is 0 Å². The van der Waals surface area contributed by atoms with Crippen molar-refractivity contribution in [2.24, 2.45) is 16.9 Å². The van der Waals surface area contributed by atoms with Crippen LogP contribution >= 0.6 is 12.2 Å². The van der Waals surface area contributed by atoms with Gasteiger partial charge in [-0.25, -0.2) is 0 Å². The lowest BCUT2D eigenvalue weighted by Crippen LogP contribution is -2.35. The molecule has 1 aromatic carbocycles. The lowest BCUT2D eigenvalue weighted by Gasteiger charge is -2.34. The molecule has 130 valence electrons. The highest BCUT2D eigenvalue weighted by Crippen LogP contribution is 2.36. The molecular formula is C20H29N3S. The van der Waals surface area contributed by atoms with Gasteiger partial charge < -0.3 is 5.32 Å². The summed E-state index contributed by atoms with van der Waals surface area (Å²) in [5.41, 5.74) is 5.69. The second-order valence-corrected chi connectivity index (χ2v) is 7.54. The fourth-order valence-corrected chi connectivity index (χ4v) is 4.26. The van der Waals surface area contributed by atoms with E-state index in [-0.39, 0.29) is 0 Å². The van der Waals surface area contributed by atoms with Crippen LogP contribution in [-0.4, -0.2) is 10.8 Å². The third-order valence-electron chi connectivity index (χ3n) is 5.44. The van der Waals surface area contributed by atoms with Crippen LogP contribution in [0.1, 0.15) is 63.4 Å². The number of hydrogen-bond donors (Lipinski definition) is 2. The number of hydrogen-bond acceptors (Lipinski definition) is 2. The predicted octanol–water partition coefficient (Wildman–Crippen LogP) is 4.78. The van der Waals surface area contributed by atoms with Crippen molar-refractivity contribution in [3.63, 3.8) is 0 Å². The lowest BCUT2D eigenvalue weighted by atomic mass is 9.72. The van der Waals surface area contributed by atoms with Gasteiger partial charge in [-0.2, -0.15) is 5.10 Å². The number of benzene rings is 1. The second kappa shape index (κ2) is 9.16. The fourth-order valence-electron chi connectivity index (χ4n) is 4.15. The first-order valence-corrected chi connectivity index (χ1v) is 9.88. The van der Waals surface area contributed by atoms with E-state index in [1.165, 1.54) is 62.6 Å². The van der Waals surface area contributed by atoms with Crippen LogP contribution < -0.4 is 10.7 Å². The lowest BCUT2D eigenvalue weighted by molar-refractivity contribution is 0.274. The predicted molar refractivity (Wildman–Crippen MR) is 105 cm³/mol. The van der Waals surface area contributed by atoms with Crippen LogP contribution in [0.4, 0.5) is 0 Å². The summed E-state index contributed by atoms with van der Waals surface area (Å²) in [6.07, 6.45) is 12.1. The Labute approximate surface area is 151 Å². The molecule has 4 heteroatoms. The first-order chi connectivity index (χ1) is 11.8. The van der Waals surface area contributed by atoms with Gasteiger partial charge in [0.15, 0.2) is 5.11 Å². The van der Waals surface area contributed by atoms with E-state index in [4.69, 9.17) is 17.3 Å². The normalized spacial score (nSPS) is 23.8. The van der Waals surface area contributed by atoms with Gasteiger partial charge in [0, 0.05) is 18.2 Å². The van der Waals surface area contributed by atoms with Gasteiger partial charge in [0.1, 0.15) is 0 Å². The molecule has 2 aliphatic rings. The Morgan fingerprint density at radius 2 is 1.75 bits per heavy atom. The van der Waals surface area contributed by atoms with Crippen LogP contribution in [-0.2, 0) is 6.54 Å². The molecule has 1 atom stereocenters. The summed E-state index contributed by atoms with van der Waals surface area (Å²) in [5, 5.41) is 8.59.